The minimum atomic E-state index is -0.818. The summed E-state index contributed by atoms with van der Waals surface area (Å²) in [5.74, 6) is -0.818. The van der Waals surface area contributed by atoms with Gasteiger partial charge in [-0.1, -0.05) is 23.7 Å². The van der Waals surface area contributed by atoms with Crippen LogP contribution in [0.1, 0.15) is 6.42 Å². The maximum Gasteiger partial charge on any atom is 0.317 e. The van der Waals surface area contributed by atoms with E-state index >= 15 is 0 Å². The van der Waals surface area contributed by atoms with E-state index in [1.54, 1.807) is 0 Å². The Labute approximate surface area is 105 Å². The zero-order valence-corrected chi connectivity index (χ0v) is 10.2. The number of rotatable bonds is 4. The fourth-order valence-electron chi connectivity index (χ4n) is 2.09. The maximum atomic E-state index is 10.5. The van der Waals surface area contributed by atoms with Crippen molar-refractivity contribution >= 4 is 23.3 Å². The van der Waals surface area contributed by atoms with E-state index in [4.69, 9.17) is 16.7 Å². The number of nitrogens with one attached hydrogen (secondary N) is 1. The molecule has 1 atom stereocenters. The Morgan fingerprint density at radius 2 is 2.29 bits per heavy atom. The average molecular weight is 255 g/mol. The second-order valence-electron chi connectivity index (χ2n) is 4.16. The normalized spacial score (nSPS) is 19.6. The van der Waals surface area contributed by atoms with Crippen LogP contribution in [0.2, 0.25) is 5.02 Å². The number of carboxylic acid groups (broad SMARTS) is 1. The summed E-state index contributed by atoms with van der Waals surface area (Å²) in [7, 11) is 0. The van der Waals surface area contributed by atoms with Gasteiger partial charge >= 0.3 is 5.97 Å². The lowest BCUT2D eigenvalue weighted by molar-refractivity contribution is -0.136. The van der Waals surface area contributed by atoms with E-state index in [0.29, 0.717) is 0 Å². The number of aliphatic carboxylic acids is 1. The van der Waals surface area contributed by atoms with Crippen LogP contribution in [0.15, 0.2) is 24.3 Å². The Bertz CT molecular complexity index is 411. The summed E-state index contributed by atoms with van der Waals surface area (Å²) >= 11 is 6.12. The van der Waals surface area contributed by atoms with Gasteiger partial charge in [-0.25, -0.2) is 0 Å². The molecule has 0 radical (unpaired) electrons. The lowest BCUT2D eigenvalue weighted by Gasteiger charge is -2.20. The van der Waals surface area contributed by atoms with Crippen molar-refractivity contribution in [1.29, 1.82) is 0 Å². The molecule has 2 N–H and O–H groups in total. The molecule has 5 heteroatoms. The van der Waals surface area contributed by atoms with Crippen LogP contribution in [-0.2, 0) is 4.79 Å². The molecule has 0 aliphatic carbocycles. The van der Waals surface area contributed by atoms with Gasteiger partial charge in [0.25, 0.3) is 0 Å². The number of hydrogen-bond donors (Lipinski definition) is 2. The minimum absolute atomic E-state index is 0.0149. The van der Waals surface area contributed by atoms with Crippen molar-refractivity contribution in [2.24, 2.45) is 0 Å². The fraction of sp³-hybridized carbons (Fsp3) is 0.417. The van der Waals surface area contributed by atoms with Gasteiger partial charge in [-0.05, 0) is 18.6 Å². The molecule has 0 spiro atoms. The third-order valence-corrected chi connectivity index (χ3v) is 3.24. The van der Waals surface area contributed by atoms with Crippen molar-refractivity contribution in [1.82, 2.24) is 5.32 Å². The van der Waals surface area contributed by atoms with E-state index in [-0.39, 0.29) is 12.6 Å². The maximum absolute atomic E-state index is 10.5. The highest BCUT2D eigenvalue weighted by atomic mass is 35.5. The zero-order chi connectivity index (χ0) is 12.3. The standard InChI is InChI=1S/C12H15ClN2O2/c13-10-3-1-2-4-11(10)15-6-5-9(8-15)14-7-12(16)17/h1-4,9,14H,5-8H2,(H,16,17). The summed E-state index contributed by atoms with van der Waals surface area (Å²) in [6.45, 7) is 1.72. The first-order valence-electron chi connectivity index (χ1n) is 5.61. The number of para-hydroxylation sites is 1. The Balaban J connectivity index is 1.94. The van der Waals surface area contributed by atoms with Crippen LogP contribution in [-0.4, -0.2) is 36.8 Å². The van der Waals surface area contributed by atoms with E-state index in [1.165, 1.54) is 0 Å². The summed E-state index contributed by atoms with van der Waals surface area (Å²) in [6, 6.07) is 7.94. The van der Waals surface area contributed by atoms with Gasteiger partial charge in [-0.2, -0.15) is 0 Å². The third kappa shape index (κ3) is 3.11. The molecule has 1 heterocycles. The van der Waals surface area contributed by atoms with E-state index in [1.807, 2.05) is 24.3 Å². The number of anilines is 1. The van der Waals surface area contributed by atoms with Crippen molar-refractivity contribution < 1.29 is 9.90 Å². The second kappa shape index (κ2) is 5.38. The molecular weight excluding hydrogens is 240 g/mol. The van der Waals surface area contributed by atoms with Crippen LogP contribution in [0.4, 0.5) is 5.69 Å². The summed E-state index contributed by atoms with van der Waals surface area (Å²) < 4.78 is 0. The van der Waals surface area contributed by atoms with Gasteiger partial charge in [0.05, 0.1) is 17.3 Å². The van der Waals surface area contributed by atoms with E-state index in [9.17, 15) is 4.79 Å². The van der Waals surface area contributed by atoms with Gasteiger partial charge in [-0.15, -0.1) is 0 Å². The smallest absolute Gasteiger partial charge is 0.317 e. The van der Waals surface area contributed by atoms with Crippen molar-refractivity contribution in [3.8, 4) is 0 Å². The van der Waals surface area contributed by atoms with Crippen LogP contribution < -0.4 is 10.2 Å². The molecule has 0 amide bonds. The predicted octanol–water partition coefficient (Wildman–Crippen LogP) is 1.59. The van der Waals surface area contributed by atoms with Crippen LogP contribution >= 0.6 is 11.6 Å². The van der Waals surface area contributed by atoms with Crippen LogP contribution in [0.5, 0.6) is 0 Å². The molecule has 0 saturated carbocycles. The largest absolute Gasteiger partial charge is 0.480 e. The molecule has 1 fully saturated rings. The van der Waals surface area contributed by atoms with Crippen molar-refractivity contribution in [3.05, 3.63) is 29.3 Å². The van der Waals surface area contributed by atoms with Gasteiger partial charge in [-0.3, -0.25) is 4.79 Å². The van der Waals surface area contributed by atoms with Gasteiger partial charge < -0.3 is 15.3 Å². The van der Waals surface area contributed by atoms with Crippen LogP contribution in [0, 0.1) is 0 Å². The molecule has 4 nitrogen and oxygen atoms in total. The minimum Gasteiger partial charge on any atom is -0.480 e. The number of benzene rings is 1. The molecule has 1 saturated heterocycles. The molecule has 0 aromatic heterocycles. The number of hydrogen-bond acceptors (Lipinski definition) is 3. The first kappa shape index (κ1) is 12.2. The Morgan fingerprint density at radius 3 is 3.00 bits per heavy atom. The first-order chi connectivity index (χ1) is 8.16. The second-order valence-corrected chi connectivity index (χ2v) is 4.56. The van der Waals surface area contributed by atoms with Gasteiger partial charge in [0.1, 0.15) is 0 Å². The quantitative estimate of drug-likeness (QED) is 0.857. The number of nitrogens with zero attached hydrogens (tertiary/aromatic N) is 1. The summed E-state index contributed by atoms with van der Waals surface area (Å²) in [5, 5.41) is 12.4. The third-order valence-electron chi connectivity index (χ3n) is 2.92. The average Bonchev–Trinajstić information content (AvgIpc) is 2.75. The van der Waals surface area contributed by atoms with Gasteiger partial charge in [0, 0.05) is 19.1 Å². The van der Waals surface area contributed by atoms with E-state index < -0.39 is 5.97 Å². The first-order valence-corrected chi connectivity index (χ1v) is 5.99. The molecule has 1 aliphatic heterocycles. The number of halogens is 1. The molecule has 17 heavy (non-hydrogen) atoms. The number of carbonyl (C=O) groups is 1. The van der Waals surface area contributed by atoms with Crippen molar-refractivity contribution in [3.63, 3.8) is 0 Å². The van der Waals surface area contributed by atoms with E-state index in [2.05, 4.69) is 10.2 Å². The Kier molecular flexibility index (Phi) is 3.86. The predicted molar refractivity (Wildman–Crippen MR) is 67.7 cm³/mol. The molecule has 1 aliphatic rings. The van der Waals surface area contributed by atoms with Crippen LogP contribution in [0.3, 0.4) is 0 Å². The highest BCUT2D eigenvalue weighted by Crippen LogP contribution is 2.28. The molecule has 1 aromatic rings. The van der Waals surface area contributed by atoms with E-state index in [0.717, 1.165) is 30.2 Å². The monoisotopic (exact) mass is 254 g/mol. The van der Waals surface area contributed by atoms with Gasteiger partial charge in [0.15, 0.2) is 0 Å². The zero-order valence-electron chi connectivity index (χ0n) is 9.40. The molecular formula is C12H15ClN2O2. The lowest BCUT2D eigenvalue weighted by Crippen LogP contribution is -2.36. The molecule has 92 valence electrons. The van der Waals surface area contributed by atoms with Gasteiger partial charge in [0.2, 0.25) is 0 Å². The lowest BCUT2D eigenvalue weighted by atomic mass is 10.2. The number of carboxylic acids is 1. The molecule has 1 unspecified atom stereocenters. The Hall–Kier alpha value is -1.26. The summed E-state index contributed by atoms with van der Waals surface area (Å²) in [5.41, 5.74) is 1.02. The van der Waals surface area contributed by atoms with Crippen molar-refractivity contribution in [2.45, 2.75) is 12.5 Å². The molecule has 1 aromatic carbocycles. The topological polar surface area (TPSA) is 52.6 Å². The van der Waals surface area contributed by atoms with Crippen molar-refractivity contribution in [2.75, 3.05) is 24.5 Å². The molecule has 0 bridgehead atoms. The SMILES string of the molecule is O=C(O)CNC1CCN(c2ccccc2Cl)C1. The highest BCUT2D eigenvalue weighted by Gasteiger charge is 2.23. The Morgan fingerprint density at radius 1 is 1.53 bits per heavy atom. The highest BCUT2D eigenvalue weighted by molar-refractivity contribution is 6.33. The summed E-state index contributed by atoms with van der Waals surface area (Å²) in [6.07, 6.45) is 0.943. The van der Waals surface area contributed by atoms with Crippen LogP contribution in [0.25, 0.3) is 0 Å². The molecule has 2 rings (SSSR count). The summed E-state index contributed by atoms with van der Waals surface area (Å²) in [4.78, 5) is 12.6. The fourth-order valence-corrected chi connectivity index (χ4v) is 2.34.